The Labute approximate surface area is 111 Å². The molecule has 2 N–H and O–H groups in total. The number of hydrogen-bond donors (Lipinski definition) is 1. The molecule has 102 valence electrons. The molecule has 0 saturated carbocycles. The van der Waals surface area contributed by atoms with Gasteiger partial charge in [0, 0.05) is 0 Å². The normalized spacial score (nSPS) is 12.6. The number of hydrogen-bond acceptors (Lipinski definition) is 3. The van der Waals surface area contributed by atoms with Crippen LogP contribution in [0.4, 0.5) is 5.69 Å². The average molecular weight is 267 g/mol. The van der Waals surface area contributed by atoms with Crippen molar-refractivity contribution < 1.29 is 9.16 Å². The van der Waals surface area contributed by atoms with Gasteiger partial charge in [-0.2, -0.15) is 0 Å². The van der Waals surface area contributed by atoms with Crippen molar-refractivity contribution in [2.24, 2.45) is 0 Å². The van der Waals surface area contributed by atoms with Crippen LogP contribution in [-0.2, 0) is 11.0 Å². The third-order valence-electron chi connectivity index (χ3n) is 3.70. The van der Waals surface area contributed by atoms with Gasteiger partial charge in [-0.25, -0.2) is 0 Å². The molecule has 0 aromatic heterocycles. The predicted octanol–water partition coefficient (Wildman–Crippen LogP) is 3.80. The second-order valence-corrected chi connectivity index (χ2v) is 10.9. The molecule has 0 radical (unpaired) electrons. The molecule has 4 heteroatoms. The number of nitrogen functional groups attached to an aromatic ring is 1. The molecule has 3 nitrogen and oxygen atoms in total. The van der Waals surface area contributed by atoms with Gasteiger partial charge >= 0.3 is 0 Å². The summed E-state index contributed by atoms with van der Waals surface area (Å²) >= 11 is 0. The van der Waals surface area contributed by atoms with Gasteiger partial charge in [-0.15, -0.1) is 0 Å². The lowest BCUT2D eigenvalue weighted by atomic mass is 10.2. The molecule has 0 heterocycles. The number of anilines is 1. The van der Waals surface area contributed by atoms with E-state index in [1.54, 1.807) is 7.11 Å². The maximum Gasteiger partial charge on any atom is 0.192 e. The Morgan fingerprint density at radius 1 is 1.22 bits per heavy atom. The lowest BCUT2D eigenvalue weighted by Crippen LogP contribution is -2.40. The quantitative estimate of drug-likeness (QED) is 0.666. The first-order valence-electron chi connectivity index (χ1n) is 6.24. The number of rotatable bonds is 4. The van der Waals surface area contributed by atoms with Crippen LogP contribution in [0.3, 0.4) is 0 Å². The molecule has 0 aliphatic carbocycles. The summed E-state index contributed by atoms with van der Waals surface area (Å²) in [5.41, 5.74) is 7.56. The molecular weight excluding hydrogens is 242 g/mol. The minimum Gasteiger partial charge on any atom is -0.495 e. The van der Waals surface area contributed by atoms with Gasteiger partial charge in [0.1, 0.15) is 5.75 Å². The SMILES string of the molecule is COc1cc(CO[Si](C)(C)C(C)(C)C)ccc1N. The first-order chi connectivity index (χ1) is 8.17. The monoisotopic (exact) mass is 267 g/mol. The Kier molecular flexibility index (Phi) is 4.45. The molecule has 0 atom stereocenters. The molecule has 0 spiro atoms. The third kappa shape index (κ3) is 3.49. The van der Waals surface area contributed by atoms with Crippen LogP contribution in [0.25, 0.3) is 0 Å². The summed E-state index contributed by atoms with van der Waals surface area (Å²) < 4.78 is 11.4. The molecule has 1 rings (SSSR count). The van der Waals surface area contributed by atoms with Crippen LogP contribution < -0.4 is 10.5 Å². The molecule has 0 amide bonds. The number of ether oxygens (including phenoxy) is 1. The number of benzene rings is 1. The fraction of sp³-hybridized carbons (Fsp3) is 0.571. The van der Waals surface area contributed by atoms with Gasteiger partial charge in [-0.05, 0) is 35.8 Å². The molecule has 0 fully saturated rings. The summed E-state index contributed by atoms with van der Waals surface area (Å²) in [4.78, 5) is 0. The predicted molar refractivity (Wildman–Crippen MR) is 79.4 cm³/mol. The zero-order valence-electron chi connectivity index (χ0n) is 12.3. The lowest BCUT2D eigenvalue weighted by molar-refractivity contribution is 0.275. The van der Waals surface area contributed by atoms with E-state index in [0.717, 1.165) is 5.56 Å². The zero-order chi connectivity index (χ0) is 14.0. The second-order valence-electron chi connectivity index (χ2n) is 6.13. The van der Waals surface area contributed by atoms with Gasteiger partial charge < -0.3 is 14.9 Å². The molecular formula is C14H25NO2Si. The van der Waals surface area contributed by atoms with Crippen LogP contribution >= 0.6 is 0 Å². The van der Waals surface area contributed by atoms with Crippen LogP contribution in [0, 0.1) is 0 Å². The number of methoxy groups -OCH3 is 1. The van der Waals surface area contributed by atoms with E-state index in [1.807, 2.05) is 18.2 Å². The van der Waals surface area contributed by atoms with E-state index in [0.29, 0.717) is 18.0 Å². The first-order valence-corrected chi connectivity index (χ1v) is 9.14. The number of nitrogens with two attached hydrogens (primary N) is 1. The second kappa shape index (κ2) is 5.32. The standard InChI is InChI=1S/C14H25NO2Si/c1-14(2,3)18(5,6)17-10-11-7-8-12(15)13(9-11)16-4/h7-9H,10,15H2,1-6H3. The molecule has 1 aromatic carbocycles. The van der Waals surface area contributed by atoms with Crippen molar-refractivity contribution in [2.45, 2.75) is 45.5 Å². The largest absolute Gasteiger partial charge is 0.495 e. The summed E-state index contributed by atoms with van der Waals surface area (Å²) in [6, 6.07) is 5.80. The molecule has 0 saturated heterocycles. The van der Waals surface area contributed by atoms with E-state index in [1.165, 1.54) is 0 Å². The topological polar surface area (TPSA) is 44.5 Å². The van der Waals surface area contributed by atoms with Gasteiger partial charge in [0.25, 0.3) is 0 Å². The van der Waals surface area contributed by atoms with E-state index >= 15 is 0 Å². The Balaban J connectivity index is 2.75. The van der Waals surface area contributed by atoms with Crippen molar-refractivity contribution in [3.8, 4) is 5.75 Å². The first kappa shape index (κ1) is 15.1. The minimum atomic E-state index is -1.70. The van der Waals surface area contributed by atoms with Gasteiger partial charge in [0.2, 0.25) is 0 Å². The van der Waals surface area contributed by atoms with Crippen LogP contribution in [0.5, 0.6) is 5.75 Å². The van der Waals surface area contributed by atoms with Crippen molar-refractivity contribution in [1.82, 2.24) is 0 Å². The highest BCUT2D eigenvalue weighted by molar-refractivity contribution is 6.74. The highest BCUT2D eigenvalue weighted by atomic mass is 28.4. The summed E-state index contributed by atoms with van der Waals surface area (Å²) in [5, 5.41) is 0.227. The van der Waals surface area contributed by atoms with Crippen molar-refractivity contribution in [3.05, 3.63) is 23.8 Å². The van der Waals surface area contributed by atoms with Crippen molar-refractivity contribution in [1.29, 1.82) is 0 Å². The maximum absolute atomic E-state index is 6.16. The van der Waals surface area contributed by atoms with Gasteiger partial charge in [0.15, 0.2) is 8.32 Å². The maximum atomic E-state index is 6.16. The summed E-state index contributed by atoms with van der Waals surface area (Å²) in [6.45, 7) is 11.8. The average Bonchev–Trinajstić information content (AvgIpc) is 2.26. The highest BCUT2D eigenvalue weighted by Crippen LogP contribution is 2.37. The van der Waals surface area contributed by atoms with Crippen molar-refractivity contribution >= 4 is 14.0 Å². The van der Waals surface area contributed by atoms with Gasteiger partial charge in [-0.1, -0.05) is 26.8 Å². The molecule has 0 unspecified atom stereocenters. The van der Waals surface area contributed by atoms with Crippen LogP contribution in [-0.4, -0.2) is 15.4 Å². The fourth-order valence-corrected chi connectivity index (χ4v) is 2.29. The van der Waals surface area contributed by atoms with E-state index < -0.39 is 8.32 Å². The Hall–Kier alpha value is -1.00. The van der Waals surface area contributed by atoms with E-state index in [4.69, 9.17) is 14.9 Å². The Bertz CT molecular complexity index is 411. The Morgan fingerprint density at radius 3 is 2.33 bits per heavy atom. The van der Waals surface area contributed by atoms with Crippen LogP contribution in [0.15, 0.2) is 18.2 Å². The zero-order valence-corrected chi connectivity index (χ0v) is 13.3. The summed E-state index contributed by atoms with van der Waals surface area (Å²) in [5.74, 6) is 0.714. The minimum absolute atomic E-state index is 0.227. The van der Waals surface area contributed by atoms with Crippen molar-refractivity contribution in [3.63, 3.8) is 0 Å². The van der Waals surface area contributed by atoms with Crippen LogP contribution in [0.1, 0.15) is 26.3 Å². The molecule has 0 bridgehead atoms. The van der Waals surface area contributed by atoms with E-state index in [-0.39, 0.29) is 5.04 Å². The molecule has 18 heavy (non-hydrogen) atoms. The van der Waals surface area contributed by atoms with Crippen LogP contribution in [0.2, 0.25) is 18.1 Å². The van der Waals surface area contributed by atoms with Gasteiger partial charge in [-0.3, -0.25) is 0 Å². The van der Waals surface area contributed by atoms with Crippen molar-refractivity contribution in [2.75, 3.05) is 12.8 Å². The molecule has 0 aliphatic heterocycles. The smallest absolute Gasteiger partial charge is 0.192 e. The van der Waals surface area contributed by atoms with E-state index in [2.05, 4.69) is 33.9 Å². The van der Waals surface area contributed by atoms with Gasteiger partial charge in [0.05, 0.1) is 19.4 Å². The fourth-order valence-electron chi connectivity index (χ4n) is 1.33. The third-order valence-corrected chi connectivity index (χ3v) is 8.18. The van der Waals surface area contributed by atoms with E-state index in [9.17, 15) is 0 Å². The summed E-state index contributed by atoms with van der Waals surface area (Å²) in [7, 11) is -0.0718. The molecule has 1 aromatic rings. The molecule has 0 aliphatic rings. The lowest BCUT2D eigenvalue weighted by Gasteiger charge is -2.36. The Morgan fingerprint density at radius 2 is 1.83 bits per heavy atom. The summed E-state index contributed by atoms with van der Waals surface area (Å²) in [6.07, 6.45) is 0. The highest BCUT2D eigenvalue weighted by Gasteiger charge is 2.36.